The molecule has 1 aromatic rings. The van der Waals surface area contributed by atoms with Crippen molar-refractivity contribution in [3.8, 4) is 0 Å². The molecule has 1 atom stereocenters. The van der Waals surface area contributed by atoms with Crippen molar-refractivity contribution in [2.24, 2.45) is 5.73 Å². The first-order valence-electron chi connectivity index (χ1n) is 3.80. The molecule has 0 unspecified atom stereocenters. The maximum atomic E-state index is 10.4. The summed E-state index contributed by atoms with van der Waals surface area (Å²) in [6.07, 6.45) is 0.134. The van der Waals surface area contributed by atoms with E-state index in [4.69, 9.17) is 20.4 Å². The Morgan fingerprint density at radius 2 is 2.15 bits per heavy atom. The molecule has 72 valence electrons. The van der Waals surface area contributed by atoms with Crippen molar-refractivity contribution in [2.75, 3.05) is 0 Å². The summed E-state index contributed by atoms with van der Waals surface area (Å²) in [4.78, 5) is 10.4. The van der Waals surface area contributed by atoms with Gasteiger partial charge in [-0.05, 0) is 12.1 Å². The third-order valence-electron chi connectivity index (χ3n) is 1.61. The summed E-state index contributed by atoms with van der Waals surface area (Å²) < 4.78 is 5.06. The average molecular weight is 185 g/mol. The van der Waals surface area contributed by atoms with E-state index in [1.165, 1.54) is 0 Å². The van der Waals surface area contributed by atoms with E-state index in [-0.39, 0.29) is 13.0 Å². The lowest BCUT2D eigenvalue weighted by Crippen LogP contribution is -2.32. The van der Waals surface area contributed by atoms with Crippen molar-refractivity contribution in [1.82, 2.24) is 0 Å². The molecule has 1 aromatic heterocycles. The molecule has 0 spiro atoms. The second kappa shape index (κ2) is 4.06. The monoisotopic (exact) mass is 185 g/mol. The number of furan rings is 1. The zero-order chi connectivity index (χ0) is 9.84. The van der Waals surface area contributed by atoms with Gasteiger partial charge in [0, 0.05) is 6.42 Å². The van der Waals surface area contributed by atoms with Gasteiger partial charge in [-0.15, -0.1) is 0 Å². The molecule has 0 aliphatic carbocycles. The van der Waals surface area contributed by atoms with Crippen LogP contribution in [0.2, 0.25) is 0 Å². The van der Waals surface area contributed by atoms with Gasteiger partial charge in [-0.1, -0.05) is 0 Å². The van der Waals surface area contributed by atoms with Crippen LogP contribution in [0.15, 0.2) is 16.5 Å². The lowest BCUT2D eigenvalue weighted by Gasteiger charge is -2.02. The van der Waals surface area contributed by atoms with Gasteiger partial charge >= 0.3 is 5.97 Å². The number of aliphatic hydroxyl groups is 1. The van der Waals surface area contributed by atoms with Gasteiger partial charge in [-0.25, -0.2) is 0 Å². The predicted molar refractivity (Wildman–Crippen MR) is 43.9 cm³/mol. The van der Waals surface area contributed by atoms with E-state index in [0.29, 0.717) is 11.5 Å². The number of aliphatic hydroxyl groups excluding tert-OH is 1. The normalized spacial score (nSPS) is 12.8. The third-order valence-corrected chi connectivity index (χ3v) is 1.61. The Morgan fingerprint density at radius 3 is 2.62 bits per heavy atom. The molecule has 0 aromatic carbocycles. The summed E-state index contributed by atoms with van der Waals surface area (Å²) in [6, 6.07) is 2.23. The molecular formula is C8H11NO4. The Kier molecular flexibility index (Phi) is 3.05. The molecule has 0 amide bonds. The van der Waals surface area contributed by atoms with Crippen LogP contribution in [0.4, 0.5) is 0 Å². The van der Waals surface area contributed by atoms with Crippen LogP contribution < -0.4 is 5.73 Å². The molecular weight excluding hydrogens is 174 g/mol. The minimum Gasteiger partial charge on any atom is -0.480 e. The summed E-state index contributed by atoms with van der Waals surface area (Å²) in [5, 5.41) is 17.1. The molecule has 0 radical (unpaired) electrons. The first-order chi connectivity index (χ1) is 6.13. The standard InChI is InChI=1S/C8H11NO4/c9-7(8(11)12)3-5-1-2-6(4-10)13-5/h1-2,7,10H,3-4,9H2,(H,11,12)/t7-/m0/s1. The minimum atomic E-state index is -1.07. The molecule has 1 rings (SSSR count). The molecule has 5 heteroatoms. The Bertz CT molecular complexity index is 294. The van der Waals surface area contributed by atoms with E-state index in [1.54, 1.807) is 12.1 Å². The zero-order valence-electron chi connectivity index (χ0n) is 6.93. The first-order valence-corrected chi connectivity index (χ1v) is 3.80. The Labute approximate surface area is 74.8 Å². The van der Waals surface area contributed by atoms with E-state index in [0.717, 1.165) is 0 Å². The van der Waals surface area contributed by atoms with Crippen LogP contribution in [0.1, 0.15) is 11.5 Å². The van der Waals surface area contributed by atoms with Crippen LogP contribution in [0.5, 0.6) is 0 Å². The number of carboxylic acids is 1. The first kappa shape index (κ1) is 9.76. The van der Waals surface area contributed by atoms with Crippen molar-refractivity contribution >= 4 is 5.97 Å². The highest BCUT2D eigenvalue weighted by Crippen LogP contribution is 2.09. The van der Waals surface area contributed by atoms with Gasteiger partial charge in [-0.3, -0.25) is 4.79 Å². The molecule has 0 aliphatic heterocycles. The zero-order valence-corrected chi connectivity index (χ0v) is 6.93. The fourth-order valence-corrected chi connectivity index (χ4v) is 0.921. The van der Waals surface area contributed by atoms with Gasteiger partial charge < -0.3 is 20.4 Å². The van der Waals surface area contributed by atoms with Crippen LogP contribution >= 0.6 is 0 Å². The van der Waals surface area contributed by atoms with Gasteiger partial charge in [-0.2, -0.15) is 0 Å². The lowest BCUT2D eigenvalue weighted by molar-refractivity contribution is -0.138. The summed E-state index contributed by atoms with van der Waals surface area (Å²) in [6.45, 7) is -0.192. The van der Waals surface area contributed by atoms with Crippen LogP contribution in [0.25, 0.3) is 0 Å². The number of nitrogens with two attached hydrogens (primary N) is 1. The predicted octanol–water partition coefficient (Wildman–Crippen LogP) is -0.274. The second-order valence-electron chi connectivity index (χ2n) is 2.67. The quantitative estimate of drug-likeness (QED) is 0.599. The SMILES string of the molecule is N[C@@H](Cc1ccc(CO)o1)C(=O)O. The van der Waals surface area contributed by atoms with Crippen molar-refractivity contribution in [3.05, 3.63) is 23.7 Å². The van der Waals surface area contributed by atoms with Gasteiger partial charge in [0.2, 0.25) is 0 Å². The van der Waals surface area contributed by atoms with Gasteiger partial charge in [0.15, 0.2) is 0 Å². The highest BCUT2D eigenvalue weighted by atomic mass is 16.4. The van der Waals surface area contributed by atoms with Gasteiger partial charge in [0.05, 0.1) is 0 Å². The molecule has 5 nitrogen and oxygen atoms in total. The Balaban J connectivity index is 2.58. The molecule has 0 saturated heterocycles. The highest BCUT2D eigenvalue weighted by Gasteiger charge is 2.14. The van der Waals surface area contributed by atoms with Crippen molar-refractivity contribution < 1.29 is 19.4 Å². The summed E-state index contributed by atoms with van der Waals surface area (Å²) in [5.41, 5.74) is 5.28. The molecule has 0 fully saturated rings. The van der Waals surface area contributed by atoms with E-state index in [2.05, 4.69) is 0 Å². The second-order valence-corrected chi connectivity index (χ2v) is 2.67. The molecule has 1 heterocycles. The minimum absolute atomic E-state index is 0.134. The Morgan fingerprint density at radius 1 is 1.54 bits per heavy atom. The smallest absolute Gasteiger partial charge is 0.320 e. The Hall–Kier alpha value is -1.33. The number of carboxylic acid groups (broad SMARTS) is 1. The highest BCUT2D eigenvalue weighted by molar-refractivity contribution is 5.73. The van der Waals surface area contributed by atoms with Crippen molar-refractivity contribution in [2.45, 2.75) is 19.1 Å². The molecule has 0 aliphatic rings. The van der Waals surface area contributed by atoms with E-state index in [1.807, 2.05) is 0 Å². The molecule has 0 bridgehead atoms. The number of aliphatic carboxylic acids is 1. The van der Waals surface area contributed by atoms with E-state index >= 15 is 0 Å². The number of carbonyl (C=O) groups is 1. The van der Waals surface area contributed by atoms with Crippen molar-refractivity contribution in [3.63, 3.8) is 0 Å². The summed E-state index contributed by atoms with van der Waals surface area (Å²) >= 11 is 0. The topological polar surface area (TPSA) is 96.7 Å². The number of hydrogen-bond donors (Lipinski definition) is 3. The molecule has 13 heavy (non-hydrogen) atoms. The van der Waals surface area contributed by atoms with E-state index < -0.39 is 12.0 Å². The molecule has 0 saturated carbocycles. The third kappa shape index (κ3) is 2.57. The van der Waals surface area contributed by atoms with Gasteiger partial charge in [0.1, 0.15) is 24.2 Å². The fourth-order valence-electron chi connectivity index (χ4n) is 0.921. The molecule has 4 N–H and O–H groups in total. The average Bonchev–Trinajstić information content (AvgIpc) is 2.52. The lowest BCUT2D eigenvalue weighted by atomic mass is 10.2. The maximum absolute atomic E-state index is 10.4. The summed E-state index contributed by atoms with van der Waals surface area (Å²) in [7, 11) is 0. The summed E-state index contributed by atoms with van der Waals surface area (Å²) in [5.74, 6) is -0.187. The van der Waals surface area contributed by atoms with Crippen LogP contribution in [0, 0.1) is 0 Å². The fraction of sp³-hybridized carbons (Fsp3) is 0.375. The number of rotatable bonds is 4. The maximum Gasteiger partial charge on any atom is 0.320 e. The van der Waals surface area contributed by atoms with Gasteiger partial charge in [0.25, 0.3) is 0 Å². The largest absolute Gasteiger partial charge is 0.480 e. The van der Waals surface area contributed by atoms with E-state index in [9.17, 15) is 4.79 Å². The van der Waals surface area contributed by atoms with Crippen LogP contribution in [0.3, 0.4) is 0 Å². The van der Waals surface area contributed by atoms with Crippen LogP contribution in [-0.2, 0) is 17.8 Å². The van der Waals surface area contributed by atoms with Crippen molar-refractivity contribution in [1.29, 1.82) is 0 Å². The number of hydrogen-bond acceptors (Lipinski definition) is 4. The van der Waals surface area contributed by atoms with Crippen LogP contribution in [-0.4, -0.2) is 22.2 Å².